The van der Waals surface area contributed by atoms with Gasteiger partial charge in [0.2, 0.25) is 0 Å². The van der Waals surface area contributed by atoms with Crippen molar-refractivity contribution in [3.63, 3.8) is 0 Å². The van der Waals surface area contributed by atoms with Crippen molar-refractivity contribution < 1.29 is 0 Å². The predicted molar refractivity (Wildman–Crippen MR) is 63.0 cm³/mol. The number of rotatable bonds is 2. The fourth-order valence-corrected chi connectivity index (χ4v) is 1.56. The highest BCUT2D eigenvalue weighted by atomic mass is 35.5. The van der Waals surface area contributed by atoms with Crippen LogP contribution in [0.15, 0.2) is 18.7 Å². The molecule has 0 aliphatic rings. The molecule has 0 saturated carbocycles. The summed E-state index contributed by atoms with van der Waals surface area (Å²) in [4.78, 5) is 12.8. The van der Waals surface area contributed by atoms with Gasteiger partial charge >= 0.3 is 0 Å². The lowest BCUT2D eigenvalue weighted by atomic mass is 10.2. The second kappa shape index (κ2) is 4.22. The van der Waals surface area contributed by atoms with Crippen LogP contribution in [0.25, 0.3) is 5.82 Å². The smallest absolute Gasteiger partial charge is 0.146 e. The number of nitrogens with zero attached hydrogens (tertiary/aromatic N) is 4. The Labute approximate surface area is 99.3 Å². The number of hydrogen-bond acceptors (Lipinski definition) is 3. The summed E-state index contributed by atoms with van der Waals surface area (Å²) in [7, 11) is 0. The van der Waals surface area contributed by atoms with Crippen LogP contribution >= 0.6 is 11.6 Å². The fourth-order valence-electron chi connectivity index (χ4n) is 1.39. The highest BCUT2D eigenvalue weighted by Crippen LogP contribution is 2.21. The minimum atomic E-state index is 0.250. The van der Waals surface area contributed by atoms with E-state index < -0.39 is 0 Å². The first-order chi connectivity index (χ1) is 7.59. The maximum absolute atomic E-state index is 6.10. The zero-order valence-electron chi connectivity index (χ0n) is 9.48. The summed E-state index contributed by atoms with van der Waals surface area (Å²) in [5.41, 5.74) is 0.865. The zero-order chi connectivity index (χ0) is 11.7. The normalized spacial score (nSPS) is 11.1. The Kier molecular flexibility index (Phi) is 2.92. The van der Waals surface area contributed by atoms with Gasteiger partial charge in [-0.15, -0.1) is 0 Å². The zero-order valence-corrected chi connectivity index (χ0v) is 10.2. The summed E-state index contributed by atoms with van der Waals surface area (Å²) in [6, 6.07) is 0. The van der Waals surface area contributed by atoms with E-state index in [-0.39, 0.29) is 5.92 Å². The van der Waals surface area contributed by atoms with E-state index in [0.29, 0.717) is 5.15 Å². The van der Waals surface area contributed by atoms with Crippen molar-refractivity contribution in [1.29, 1.82) is 0 Å². The number of imidazole rings is 1. The molecule has 0 atom stereocenters. The molecular formula is C11H13ClN4. The van der Waals surface area contributed by atoms with E-state index in [0.717, 1.165) is 17.2 Å². The molecule has 5 heteroatoms. The van der Waals surface area contributed by atoms with Gasteiger partial charge in [-0.25, -0.2) is 15.0 Å². The maximum Gasteiger partial charge on any atom is 0.146 e. The molecule has 0 aromatic carbocycles. The third kappa shape index (κ3) is 1.93. The number of hydrogen-bond donors (Lipinski definition) is 0. The van der Waals surface area contributed by atoms with Crippen LogP contribution in [0.5, 0.6) is 0 Å². The van der Waals surface area contributed by atoms with Crippen molar-refractivity contribution in [1.82, 2.24) is 19.5 Å². The van der Waals surface area contributed by atoms with Crippen LogP contribution in [0.1, 0.15) is 31.2 Å². The third-order valence-corrected chi connectivity index (χ3v) is 2.71. The molecule has 0 unspecified atom stereocenters. The molecule has 4 nitrogen and oxygen atoms in total. The fraction of sp³-hybridized carbons (Fsp3) is 0.364. The Balaban J connectivity index is 2.60. The predicted octanol–water partition coefficient (Wildman–Crippen LogP) is 2.75. The second-order valence-electron chi connectivity index (χ2n) is 3.95. The Bertz CT molecular complexity index is 491. The average Bonchev–Trinajstić information content (AvgIpc) is 2.74. The Morgan fingerprint density at radius 3 is 2.62 bits per heavy atom. The van der Waals surface area contributed by atoms with E-state index in [4.69, 9.17) is 11.6 Å². The van der Waals surface area contributed by atoms with Gasteiger partial charge in [-0.3, -0.25) is 4.57 Å². The van der Waals surface area contributed by atoms with Crippen LogP contribution < -0.4 is 0 Å². The van der Waals surface area contributed by atoms with Crippen molar-refractivity contribution in [2.45, 2.75) is 26.7 Å². The summed E-state index contributed by atoms with van der Waals surface area (Å²) in [5.74, 6) is 1.79. The Morgan fingerprint density at radius 1 is 1.31 bits per heavy atom. The first-order valence-corrected chi connectivity index (χ1v) is 5.49. The molecule has 2 heterocycles. The summed E-state index contributed by atoms with van der Waals surface area (Å²) >= 11 is 6.10. The van der Waals surface area contributed by atoms with Crippen molar-refractivity contribution in [3.8, 4) is 5.82 Å². The van der Waals surface area contributed by atoms with Crippen LogP contribution in [0.3, 0.4) is 0 Å². The standard InChI is InChI=1S/C11H13ClN4/c1-7(2)10-14-9(12)8(3)11(15-10)16-5-4-13-6-16/h4-7H,1-3H3. The Hall–Kier alpha value is -1.42. The van der Waals surface area contributed by atoms with Crippen LogP contribution in [0, 0.1) is 6.92 Å². The second-order valence-corrected chi connectivity index (χ2v) is 4.30. The van der Waals surface area contributed by atoms with Crippen molar-refractivity contribution in [3.05, 3.63) is 35.3 Å². The molecule has 0 N–H and O–H groups in total. The van der Waals surface area contributed by atoms with Crippen molar-refractivity contribution in [2.75, 3.05) is 0 Å². The largest absolute Gasteiger partial charge is 0.290 e. The van der Waals surface area contributed by atoms with Crippen LogP contribution in [-0.2, 0) is 0 Å². The van der Waals surface area contributed by atoms with Gasteiger partial charge in [-0.2, -0.15) is 0 Å². The number of aromatic nitrogens is 4. The minimum absolute atomic E-state index is 0.250. The molecule has 84 valence electrons. The maximum atomic E-state index is 6.10. The van der Waals surface area contributed by atoms with Gasteiger partial charge in [0, 0.05) is 23.9 Å². The van der Waals surface area contributed by atoms with Gasteiger partial charge in [0.05, 0.1) is 0 Å². The van der Waals surface area contributed by atoms with Gasteiger partial charge in [0.25, 0.3) is 0 Å². The first-order valence-electron chi connectivity index (χ1n) is 5.12. The van der Waals surface area contributed by atoms with E-state index in [1.54, 1.807) is 12.5 Å². The molecule has 0 bridgehead atoms. The van der Waals surface area contributed by atoms with Crippen LogP contribution in [-0.4, -0.2) is 19.5 Å². The lowest BCUT2D eigenvalue weighted by Gasteiger charge is -2.11. The SMILES string of the molecule is Cc1c(Cl)nc(C(C)C)nc1-n1ccnc1. The van der Waals surface area contributed by atoms with Crippen molar-refractivity contribution >= 4 is 11.6 Å². The molecule has 0 saturated heterocycles. The van der Waals surface area contributed by atoms with E-state index in [1.807, 2.05) is 31.5 Å². The monoisotopic (exact) mass is 236 g/mol. The van der Waals surface area contributed by atoms with Crippen molar-refractivity contribution in [2.24, 2.45) is 0 Å². The highest BCUT2D eigenvalue weighted by molar-refractivity contribution is 6.30. The van der Waals surface area contributed by atoms with Gasteiger partial charge in [0.15, 0.2) is 0 Å². The quantitative estimate of drug-likeness (QED) is 0.753. The molecule has 0 aliphatic heterocycles. The molecule has 0 amide bonds. The molecule has 2 aromatic rings. The molecule has 2 rings (SSSR count). The van der Waals surface area contributed by atoms with Gasteiger partial charge in [0.1, 0.15) is 23.1 Å². The van der Waals surface area contributed by atoms with E-state index in [9.17, 15) is 0 Å². The summed E-state index contributed by atoms with van der Waals surface area (Å²) in [6.45, 7) is 5.99. The summed E-state index contributed by atoms with van der Waals surface area (Å²) in [6.07, 6.45) is 5.26. The average molecular weight is 237 g/mol. The van der Waals surface area contributed by atoms with E-state index in [2.05, 4.69) is 15.0 Å². The highest BCUT2D eigenvalue weighted by Gasteiger charge is 2.12. The minimum Gasteiger partial charge on any atom is -0.290 e. The topological polar surface area (TPSA) is 43.6 Å². The summed E-state index contributed by atoms with van der Waals surface area (Å²) in [5, 5.41) is 0.502. The molecule has 2 aromatic heterocycles. The van der Waals surface area contributed by atoms with Gasteiger partial charge in [-0.05, 0) is 6.92 Å². The van der Waals surface area contributed by atoms with E-state index in [1.165, 1.54) is 0 Å². The van der Waals surface area contributed by atoms with Gasteiger partial charge in [-0.1, -0.05) is 25.4 Å². The molecular weight excluding hydrogens is 224 g/mol. The molecule has 0 spiro atoms. The third-order valence-electron chi connectivity index (χ3n) is 2.34. The summed E-state index contributed by atoms with van der Waals surface area (Å²) < 4.78 is 1.84. The molecule has 0 fully saturated rings. The lowest BCUT2D eigenvalue weighted by Crippen LogP contribution is -2.06. The van der Waals surface area contributed by atoms with Gasteiger partial charge < -0.3 is 0 Å². The molecule has 16 heavy (non-hydrogen) atoms. The lowest BCUT2D eigenvalue weighted by molar-refractivity contribution is 0.758. The van der Waals surface area contributed by atoms with Crippen LogP contribution in [0.4, 0.5) is 0 Å². The first kappa shape index (κ1) is 11.1. The number of halogens is 1. The van der Waals surface area contributed by atoms with E-state index >= 15 is 0 Å². The molecule has 0 aliphatic carbocycles. The molecule has 0 radical (unpaired) electrons. The van der Waals surface area contributed by atoms with Crippen LogP contribution in [0.2, 0.25) is 5.15 Å². The Morgan fingerprint density at radius 2 is 2.06 bits per heavy atom.